The van der Waals surface area contributed by atoms with E-state index in [-0.39, 0.29) is 18.2 Å². The second-order valence-corrected chi connectivity index (χ2v) is 6.89. The Hall–Kier alpha value is -3.67. The number of fused-ring (bicyclic) bond motifs is 1. The molecular weight excluding hydrogens is 366 g/mol. The summed E-state index contributed by atoms with van der Waals surface area (Å²) >= 11 is 0. The lowest BCUT2D eigenvalue weighted by molar-refractivity contribution is 0.0779. The van der Waals surface area contributed by atoms with E-state index in [4.69, 9.17) is 9.15 Å². The number of oxazole rings is 1. The Morgan fingerprint density at radius 3 is 2.72 bits per heavy atom. The number of ether oxygens (including phenoxy) is 1. The Morgan fingerprint density at radius 2 is 1.90 bits per heavy atom. The molecule has 0 saturated carbocycles. The van der Waals surface area contributed by atoms with Crippen LogP contribution in [0.5, 0.6) is 5.75 Å². The van der Waals surface area contributed by atoms with Crippen LogP contribution in [0.25, 0.3) is 10.9 Å². The molecule has 0 atom stereocenters. The smallest absolute Gasteiger partial charge is 0.275 e. The molecule has 0 saturated heterocycles. The van der Waals surface area contributed by atoms with Crippen LogP contribution in [0.1, 0.15) is 27.5 Å². The number of hydrogen-bond donors (Lipinski definition) is 0. The number of pyridine rings is 1. The van der Waals surface area contributed by atoms with Crippen molar-refractivity contribution in [1.82, 2.24) is 14.9 Å². The fourth-order valence-corrected chi connectivity index (χ4v) is 3.04. The molecule has 6 nitrogen and oxygen atoms in total. The molecule has 2 heterocycles. The van der Waals surface area contributed by atoms with Gasteiger partial charge in [-0.1, -0.05) is 48.0 Å². The van der Waals surface area contributed by atoms with Crippen LogP contribution in [-0.4, -0.2) is 27.8 Å². The first-order valence-corrected chi connectivity index (χ1v) is 9.32. The zero-order chi connectivity index (χ0) is 20.2. The van der Waals surface area contributed by atoms with Crippen molar-refractivity contribution in [1.29, 1.82) is 0 Å². The topological polar surface area (TPSA) is 68.5 Å². The van der Waals surface area contributed by atoms with Crippen molar-refractivity contribution in [2.75, 3.05) is 7.05 Å². The molecule has 0 aliphatic heterocycles. The van der Waals surface area contributed by atoms with Gasteiger partial charge in [-0.25, -0.2) is 4.98 Å². The van der Waals surface area contributed by atoms with Crippen molar-refractivity contribution in [3.63, 3.8) is 0 Å². The molecule has 0 aliphatic rings. The number of amides is 1. The average molecular weight is 387 g/mol. The van der Waals surface area contributed by atoms with Gasteiger partial charge < -0.3 is 14.1 Å². The van der Waals surface area contributed by atoms with E-state index in [2.05, 4.69) is 9.97 Å². The number of nitrogens with zero attached hydrogens (tertiary/aromatic N) is 3. The number of benzene rings is 2. The zero-order valence-corrected chi connectivity index (χ0v) is 16.3. The third-order valence-corrected chi connectivity index (χ3v) is 4.60. The zero-order valence-electron chi connectivity index (χ0n) is 16.3. The highest BCUT2D eigenvalue weighted by atomic mass is 16.5. The minimum atomic E-state index is -0.201. The van der Waals surface area contributed by atoms with Crippen molar-refractivity contribution >= 4 is 16.8 Å². The van der Waals surface area contributed by atoms with E-state index in [1.165, 1.54) is 11.8 Å². The first-order chi connectivity index (χ1) is 14.1. The van der Waals surface area contributed by atoms with E-state index >= 15 is 0 Å². The molecule has 0 N–H and O–H groups in total. The number of para-hydroxylation sites is 1. The lowest BCUT2D eigenvalue weighted by atomic mass is 10.1. The molecule has 4 aromatic rings. The molecule has 2 aromatic heterocycles. The predicted octanol–water partition coefficient (Wildman–Crippen LogP) is 4.38. The lowest BCUT2D eigenvalue weighted by Crippen LogP contribution is -2.26. The van der Waals surface area contributed by atoms with E-state index in [1.807, 2.05) is 61.5 Å². The van der Waals surface area contributed by atoms with Crippen LogP contribution in [0.4, 0.5) is 0 Å². The monoisotopic (exact) mass is 387 g/mol. The summed E-state index contributed by atoms with van der Waals surface area (Å²) in [5.74, 6) is 0.781. The van der Waals surface area contributed by atoms with Crippen molar-refractivity contribution in [3.8, 4) is 5.75 Å². The minimum absolute atomic E-state index is 0.116. The fraction of sp³-hybridized carbons (Fsp3) is 0.174. The largest absolute Gasteiger partial charge is 0.482 e. The van der Waals surface area contributed by atoms with Crippen LogP contribution >= 0.6 is 0 Å². The normalized spacial score (nSPS) is 10.8. The summed E-state index contributed by atoms with van der Waals surface area (Å²) in [6.45, 7) is 2.65. The van der Waals surface area contributed by atoms with Crippen LogP contribution in [0.15, 0.2) is 71.5 Å². The highest BCUT2D eigenvalue weighted by Gasteiger charge is 2.17. The molecule has 0 fully saturated rings. The van der Waals surface area contributed by atoms with Gasteiger partial charge in [0.15, 0.2) is 12.3 Å². The van der Waals surface area contributed by atoms with Crippen LogP contribution in [0, 0.1) is 6.92 Å². The van der Waals surface area contributed by atoms with Gasteiger partial charge in [-0.05, 0) is 24.6 Å². The molecule has 0 aliphatic carbocycles. The van der Waals surface area contributed by atoms with Gasteiger partial charge in [-0.3, -0.25) is 9.78 Å². The summed E-state index contributed by atoms with van der Waals surface area (Å²) in [6.07, 6.45) is 3.09. The van der Waals surface area contributed by atoms with Crippen molar-refractivity contribution in [2.45, 2.75) is 20.1 Å². The molecule has 29 heavy (non-hydrogen) atoms. The van der Waals surface area contributed by atoms with Crippen molar-refractivity contribution in [2.24, 2.45) is 0 Å². The third-order valence-electron chi connectivity index (χ3n) is 4.60. The van der Waals surface area contributed by atoms with Gasteiger partial charge in [0.1, 0.15) is 17.5 Å². The molecule has 6 heteroatoms. The Bertz CT molecular complexity index is 1130. The van der Waals surface area contributed by atoms with E-state index < -0.39 is 0 Å². The first-order valence-electron chi connectivity index (χ1n) is 9.32. The number of aromatic nitrogens is 2. The fourth-order valence-electron chi connectivity index (χ4n) is 3.04. The maximum Gasteiger partial charge on any atom is 0.275 e. The molecule has 146 valence electrons. The van der Waals surface area contributed by atoms with Gasteiger partial charge in [0.25, 0.3) is 5.91 Å². The Morgan fingerprint density at radius 1 is 1.10 bits per heavy atom. The lowest BCUT2D eigenvalue weighted by Gasteiger charge is -2.15. The van der Waals surface area contributed by atoms with Crippen LogP contribution in [0.2, 0.25) is 0 Å². The van der Waals surface area contributed by atoms with Gasteiger partial charge in [0.2, 0.25) is 5.89 Å². The Labute approximate surface area is 168 Å². The molecule has 0 unspecified atom stereocenters. The number of hydrogen-bond acceptors (Lipinski definition) is 5. The quantitative estimate of drug-likeness (QED) is 0.491. The maximum absolute atomic E-state index is 12.6. The van der Waals surface area contributed by atoms with E-state index in [9.17, 15) is 4.79 Å². The molecular formula is C23H21N3O3. The molecule has 0 bridgehead atoms. The summed E-state index contributed by atoms with van der Waals surface area (Å²) in [5, 5.41) is 0.992. The predicted molar refractivity (Wildman–Crippen MR) is 110 cm³/mol. The van der Waals surface area contributed by atoms with E-state index in [1.54, 1.807) is 18.1 Å². The summed E-state index contributed by atoms with van der Waals surface area (Å²) in [5.41, 5.74) is 3.28. The van der Waals surface area contributed by atoms with Crippen LogP contribution in [0.3, 0.4) is 0 Å². The van der Waals surface area contributed by atoms with Crippen molar-refractivity contribution < 1.29 is 13.9 Å². The molecule has 1 amide bonds. The van der Waals surface area contributed by atoms with Gasteiger partial charge in [0, 0.05) is 25.2 Å². The summed E-state index contributed by atoms with van der Waals surface area (Å²) in [7, 11) is 1.74. The average Bonchev–Trinajstić information content (AvgIpc) is 3.22. The molecule has 0 spiro atoms. The second kappa shape index (κ2) is 8.14. The molecule has 0 radical (unpaired) electrons. The van der Waals surface area contributed by atoms with Gasteiger partial charge in [0.05, 0.1) is 0 Å². The highest BCUT2D eigenvalue weighted by Crippen LogP contribution is 2.23. The second-order valence-electron chi connectivity index (χ2n) is 6.89. The Balaban J connectivity index is 1.41. The molecule has 4 rings (SSSR count). The van der Waals surface area contributed by atoms with Gasteiger partial charge in [-0.2, -0.15) is 0 Å². The highest BCUT2D eigenvalue weighted by molar-refractivity contribution is 5.91. The SMILES string of the molecule is Cc1ccc(CN(C)C(=O)c2coc(COc3cccc4cccnc34)n2)cc1. The number of carbonyl (C=O) groups excluding carboxylic acids is 1. The van der Waals surface area contributed by atoms with E-state index in [0.717, 1.165) is 16.5 Å². The summed E-state index contributed by atoms with van der Waals surface area (Å²) < 4.78 is 11.3. The maximum atomic E-state index is 12.6. The van der Waals surface area contributed by atoms with Gasteiger partial charge >= 0.3 is 0 Å². The third kappa shape index (κ3) is 4.27. The summed E-state index contributed by atoms with van der Waals surface area (Å²) in [4.78, 5) is 22.9. The first kappa shape index (κ1) is 18.7. The van der Waals surface area contributed by atoms with Gasteiger partial charge in [-0.15, -0.1) is 0 Å². The number of carbonyl (C=O) groups is 1. The van der Waals surface area contributed by atoms with Crippen LogP contribution in [-0.2, 0) is 13.2 Å². The molecule has 2 aromatic carbocycles. The summed E-state index contributed by atoms with van der Waals surface area (Å²) in [6, 6.07) is 17.7. The van der Waals surface area contributed by atoms with E-state index in [0.29, 0.717) is 18.2 Å². The minimum Gasteiger partial charge on any atom is -0.482 e. The standard InChI is InChI=1S/C23H21N3O3/c1-16-8-10-17(11-9-16)13-26(2)23(27)19-14-29-21(25-19)15-28-20-7-3-5-18-6-4-12-24-22(18)20/h3-12,14H,13,15H2,1-2H3. The number of aryl methyl sites for hydroxylation is 1. The van der Waals surface area contributed by atoms with Crippen LogP contribution < -0.4 is 4.74 Å². The Kier molecular flexibility index (Phi) is 5.24. The van der Waals surface area contributed by atoms with Crippen molar-refractivity contribution in [3.05, 3.63) is 89.8 Å². The number of rotatable bonds is 6.